The van der Waals surface area contributed by atoms with Crippen LogP contribution in [0.15, 0.2) is 78.9 Å². The van der Waals surface area contributed by atoms with Gasteiger partial charge in [0.05, 0.1) is 36.0 Å². The SMILES string of the molecule is COc1ccc(-c2cc(N3CCC[C@H]3CO)nc3c(-c4ccc(Cl)cc4)c(-c4ccccc4Cl)nn23)cc1. The van der Waals surface area contributed by atoms with E-state index in [9.17, 15) is 5.11 Å². The molecule has 6 nitrogen and oxygen atoms in total. The number of halogens is 2. The molecule has 0 radical (unpaired) electrons. The van der Waals surface area contributed by atoms with E-state index in [0.29, 0.717) is 15.7 Å². The number of hydrogen-bond acceptors (Lipinski definition) is 5. The van der Waals surface area contributed by atoms with Crippen molar-refractivity contribution < 1.29 is 9.84 Å². The van der Waals surface area contributed by atoms with Gasteiger partial charge in [-0.05, 0) is 60.9 Å². The van der Waals surface area contributed by atoms with Gasteiger partial charge in [0.15, 0.2) is 5.65 Å². The molecule has 0 aliphatic carbocycles. The Morgan fingerprint density at radius 2 is 1.71 bits per heavy atom. The predicted octanol–water partition coefficient (Wildman–Crippen LogP) is 7.01. The highest BCUT2D eigenvalue weighted by Crippen LogP contribution is 2.40. The molecule has 1 aliphatic heterocycles. The Kier molecular flexibility index (Phi) is 6.70. The molecule has 2 aromatic heterocycles. The van der Waals surface area contributed by atoms with Crippen molar-refractivity contribution in [1.82, 2.24) is 14.6 Å². The number of anilines is 1. The minimum Gasteiger partial charge on any atom is -0.497 e. The number of nitrogens with zero attached hydrogens (tertiary/aromatic N) is 4. The number of aliphatic hydroxyl groups excluding tert-OH is 1. The number of rotatable bonds is 6. The van der Waals surface area contributed by atoms with Gasteiger partial charge in [0.25, 0.3) is 0 Å². The molecule has 5 aromatic rings. The molecule has 0 saturated carbocycles. The first-order valence-electron chi connectivity index (χ1n) is 12.5. The standard InChI is InChI=1S/C30H26Cl2N4O2/c1-38-23-14-10-19(11-15-23)26-17-27(35-16-4-5-22(35)18-37)33-30-28(20-8-12-21(31)13-9-20)29(34-36(26)30)24-6-2-3-7-25(24)32/h2-3,6-15,17,22,37H,4-5,16,18H2,1H3/t22-/m0/s1. The second kappa shape index (κ2) is 10.3. The van der Waals surface area contributed by atoms with E-state index in [1.807, 2.05) is 77.3 Å². The van der Waals surface area contributed by atoms with Crippen LogP contribution in [0.1, 0.15) is 12.8 Å². The molecule has 3 heterocycles. The van der Waals surface area contributed by atoms with E-state index in [4.69, 9.17) is 38.0 Å². The maximum Gasteiger partial charge on any atom is 0.166 e. The van der Waals surface area contributed by atoms with Gasteiger partial charge in [-0.3, -0.25) is 0 Å². The zero-order chi connectivity index (χ0) is 26.2. The molecule has 3 aromatic carbocycles. The average molecular weight is 545 g/mol. The maximum atomic E-state index is 10.1. The molecule has 1 saturated heterocycles. The van der Waals surface area contributed by atoms with E-state index in [-0.39, 0.29) is 12.6 Å². The van der Waals surface area contributed by atoms with E-state index in [2.05, 4.69) is 11.0 Å². The van der Waals surface area contributed by atoms with Crippen LogP contribution in [0, 0.1) is 0 Å². The topological polar surface area (TPSA) is 62.9 Å². The third-order valence-corrected chi connectivity index (χ3v) is 7.69. The summed E-state index contributed by atoms with van der Waals surface area (Å²) in [6.07, 6.45) is 1.93. The van der Waals surface area contributed by atoms with Crippen molar-refractivity contribution >= 4 is 34.7 Å². The Labute approximate surface area is 231 Å². The third-order valence-electron chi connectivity index (χ3n) is 7.11. The van der Waals surface area contributed by atoms with Gasteiger partial charge in [0, 0.05) is 28.8 Å². The van der Waals surface area contributed by atoms with Crippen molar-refractivity contribution in [3.63, 3.8) is 0 Å². The first kappa shape index (κ1) is 24.7. The lowest BCUT2D eigenvalue weighted by atomic mass is 10.0. The molecule has 0 spiro atoms. The van der Waals surface area contributed by atoms with Crippen molar-refractivity contribution in [2.45, 2.75) is 18.9 Å². The molecule has 0 amide bonds. The molecular formula is C30H26Cl2N4O2. The highest BCUT2D eigenvalue weighted by Gasteiger charge is 2.28. The molecule has 0 bridgehead atoms. The number of aliphatic hydroxyl groups is 1. The predicted molar refractivity (Wildman–Crippen MR) is 153 cm³/mol. The van der Waals surface area contributed by atoms with Crippen LogP contribution in [0.3, 0.4) is 0 Å². The Balaban J connectivity index is 1.68. The number of fused-ring (bicyclic) bond motifs is 1. The molecule has 6 rings (SSSR count). The number of aromatic nitrogens is 3. The van der Waals surface area contributed by atoms with Crippen LogP contribution in [-0.2, 0) is 0 Å². The van der Waals surface area contributed by atoms with Gasteiger partial charge in [-0.2, -0.15) is 5.10 Å². The van der Waals surface area contributed by atoms with Gasteiger partial charge in [0.1, 0.15) is 17.3 Å². The van der Waals surface area contributed by atoms with Gasteiger partial charge in [0.2, 0.25) is 0 Å². The first-order chi connectivity index (χ1) is 18.6. The number of methoxy groups -OCH3 is 1. The van der Waals surface area contributed by atoms with Crippen molar-refractivity contribution in [1.29, 1.82) is 0 Å². The van der Waals surface area contributed by atoms with Crippen LogP contribution in [0.4, 0.5) is 5.82 Å². The van der Waals surface area contributed by atoms with Gasteiger partial charge < -0.3 is 14.7 Å². The van der Waals surface area contributed by atoms with Crippen LogP contribution in [0.5, 0.6) is 5.75 Å². The molecule has 0 unspecified atom stereocenters. The smallest absolute Gasteiger partial charge is 0.166 e. The van der Waals surface area contributed by atoms with Crippen molar-refractivity contribution in [2.75, 3.05) is 25.2 Å². The van der Waals surface area contributed by atoms with E-state index < -0.39 is 0 Å². The van der Waals surface area contributed by atoms with Crippen LogP contribution in [0.25, 0.3) is 39.3 Å². The van der Waals surface area contributed by atoms with Gasteiger partial charge >= 0.3 is 0 Å². The van der Waals surface area contributed by atoms with Gasteiger partial charge in [-0.15, -0.1) is 0 Å². The lowest BCUT2D eigenvalue weighted by Crippen LogP contribution is -2.32. The molecule has 1 fully saturated rings. The zero-order valence-corrected chi connectivity index (χ0v) is 22.3. The third kappa shape index (κ3) is 4.39. The molecule has 8 heteroatoms. The van der Waals surface area contributed by atoms with Crippen LogP contribution in [0.2, 0.25) is 10.0 Å². The Morgan fingerprint density at radius 1 is 0.974 bits per heavy atom. The molecule has 1 N–H and O–H groups in total. The van der Waals surface area contributed by atoms with Crippen molar-refractivity contribution in [3.05, 3.63) is 88.9 Å². The summed E-state index contributed by atoms with van der Waals surface area (Å²) in [5.74, 6) is 1.58. The Bertz CT molecular complexity index is 1600. The molecular weight excluding hydrogens is 519 g/mol. The van der Waals surface area contributed by atoms with Crippen molar-refractivity contribution in [3.8, 4) is 39.4 Å². The molecule has 38 heavy (non-hydrogen) atoms. The quantitative estimate of drug-likeness (QED) is 0.249. The summed E-state index contributed by atoms with van der Waals surface area (Å²) in [5.41, 5.74) is 5.91. The number of benzene rings is 3. The van der Waals surface area contributed by atoms with Crippen LogP contribution < -0.4 is 9.64 Å². The van der Waals surface area contributed by atoms with Gasteiger partial charge in [-0.25, -0.2) is 9.50 Å². The largest absolute Gasteiger partial charge is 0.497 e. The fourth-order valence-corrected chi connectivity index (χ4v) is 5.52. The second-order valence-corrected chi connectivity index (χ2v) is 10.2. The normalized spacial score (nSPS) is 15.4. The Morgan fingerprint density at radius 3 is 2.42 bits per heavy atom. The second-order valence-electron chi connectivity index (χ2n) is 9.35. The van der Waals surface area contributed by atoms with Crippen LogP contribution >= 0.6 is 23.2 Å². The summed E-state index contributed by atoms with van der Waals surface area (Å²) in [6.45, 7) is 0.914. The lowest BCUT2D eigenvalue weighted by Gasteiger charge is -2.25. The molecule has 1 atom stereocenters. The summed E-state index contributed by atoms with van der Waals surface area (Å²) in [6, 6.07) is 25.4. The average Bonchev–Trinajstić information content (AvgIpc) is 3.58. The molecule has 192 valence electrons. The highest BCUT2D eigenvalue weighted by molar-refractivity contribution is 6.33. The van der Waals surface area contributed by atoms with Crippen molar-refractivity contribution in [2.24, 2.45) is 0 Å². The van der Waals surface area contributed by atoms with E-state index in [1.54, 1.807) is 7.11 Å². The Hall–Kier alpha value is -3.58. The minimum absolute atomic E-state index is 0.0265. The number of hydrogen-bond donors (Lipinski definition) is 1. The summed E-state index contributed by atoms with van der Waals surface area (Å²) in [7, 11) is 1.65. The lowest BCUT2D eigenvalue weighted by molar-refractivity contribution is 0.266. The number of ether oxygens (including phenoxy) is 1. The summed E-state index contributed by atoms with van der Waals surface area (Å²) in [5, 5.41) is 16.4. The zero-order valence-electron chi connectivity index (χ0n) is 20.8. The fourth-order valence-electron chi connectivity index (χ4n) is 5.17. The maximum absolute atomic E-state index is 10.1. The van der Waals surface area contributed by atoms with Crippen LogP contribution in [-0.4, -0.2) is 46.0 Å². The summed E-state index contributed by atoms with van der Waals surface area (Å²) >= 11 is 12.9. The van der Waals surface area contributed by atoms with E-state index in [1.165, 1.54) is 0 Å². The van der Waals surface area contributed by atoms with E-state index >= 15 is 0 Å². The summed E-state index contributed by atoms with van der Waals surface area (Å²) < 4.78 is 7.28. The fraction of sp³-hybridized carbons (Fsp3) is 0.200. The van der Waals surface area contributed by atoms with Gasteiger partial charge in [-0.1, -0.05) is 53.5 Å². The monoisotopic (exact) mass is 544 g/mol. The van der Waals surface area contributed by atoms with E-state index in [0.717, 1.165) is 64.6 Å². The molecule has 1 aliphatic rings. The first-order valence-corrected chi connectivity index (χ1v) is 13.3. The summed E-state index contributed by atoms with van der Waals surface area (Å²) in [4.78, 5) is 7.36. The minimum atomic E-state index is 0.0265. The highest BCUT2D eigenvalue weighted by atomic mass is 35.5.